The lowest BCUT2D eigenvalue weighted by molar-refractivity contribution is 0.0952. The van der Waals surface area contributed by atoms with Crippen LogP contribution in [0.15, 0.2) is 41.2 Å². The van der Waals surface area contributed by atoms with Crippen LogP contribution in [-0.2, 0) is 6.54 Å². The van der Waals surface area contributed by atoms with E-state index in [-0.39, 0.29) is 11.5 Å². The van der Waals surface area contributed by atoms with Gasteiger partial charge in [0.05, 0.1) is 17.7 Å². The average molecular weight is 321 g/mol. The summed E-state index contributed by atoms with van der Waals surface area (Å²) in [5.41, 5.74) is 1.03. The smallest absolute Gasteiger partial charge is 0.254 e. The van der Waals surface area contributed by atoms with Gasteiger partial charge in [-0.2, -0.15) is 0 Å². The van der Waals surface area contributed by atoms with E-state index in [0.717, 1.165) is 5.69 Å². The van der Waals surface area contributed by atoms with Gasteiger partial charge in [0.2, 0.25) is 0 Å². The van der Waals surface area contributed by atoms with Crippen molar-refractivity contribution in [3.05, 3.63) is 63.0 Å². The molecule has 0 radical (unpaired) electrons. The van der Waals surface area contributed by atoms with Crippen LogP contribution in [0.4, 0.5) is 0 Å². The van der Waals surface area contributed by atoms with Crippen LogP contribution < -0.4 is 15.6 Å². The molecule has 116 valence electrons. The third-order valence-electron chi connectivity index (χ3n) is 3.28. The second-order valence-corrected chi connectivity index (χ2v) is 5.17. The van der Waals surface area contributed by atoms with Crippen molar-refractivity contribution in [3.63, 3.8) is 0 Å². The number of carbonyl (C=O) groups is 1. The van der Waals surface area contributed by atoms with Crippen molar-refractivity contribution in [2.45, 2.75) is 13.5 Å². The van der Waals surface area contributed by atoms with Gasteiger partial charge in [-0.25, -0.2) is 0 Å². The number of hydrogen-bond donors (Lipinski definition) is 1. The van der Waals surface area contributed by atoms with E-state index in [1.165, 1.54) is 13.2 Å². The Bertz CT molecular complexity index is 740. The van der Waals surface area contributed by atoms with Gasteiger partial charge in [-0.3, -0.25) is 9.59 Å². The third-order valence-corrected chi connectivity index (χ3v) is 3.61. The number of hydrogen-bond acceptors (Lipinski definition) is 3. The Kier molecular flexibility index (Phi) is 5.22. The molecule has 2 aromatic rings. The molecule has 0 aliphatic carbocycles. The molecule has 0 saturated carbocycles. The SMILES string of the molecule is COc1cc(C)n(CCNC(=O)c2ccccc2Cl)c(=O)c1. The van der Waals surface area contributed by atoms with E-state index < -0.39 is 0 Å². The molecule has 0 fully saturated rings. The maximum atomic E-state index is 12.0. The molecular weight excluding hydrogens is 304 g/mol. The van der Waals surface area contributed by atoms with Gasteiger partial charge in [-0.05, 0) is 25.1 Å². The van der Waals surface area contributed by atoms with Gasteiger partial charge < -0.3 is 14.6 Å². The lowest BCUT2D eigenvalue weighted by atomic mass is 10.2. The third kappa shape index (κ3) is 3.68. The predicted molar refractivity (Wildman–Crippen MR) is 85.8 cm³/mol. The Labute approximate surface area is 133 Å². The van der Waals surface area contributed by atoms with Gasteiger partial charge in [0.1, 0.15) is 5.75 Å². The number of halogens is 1. The topological polar surface area (TPSA) is 60.3 Å². The molecule has 5 nitrogen and oxygen atoms in total. The number of methoxy groups -OCH3 is 1. The summed E-state index contributed by atoms with van der Waals surface area (Å²) in [6, 6.07) is 10.0. The Morgan fingerprint density at radius 3 is 2.68 bits per heavy atom. The van der Waals surface area contributed by atoms with Crippen LogP contribution in [0.5, 0.6) is 5.75 Å². The molecule has 1 amide bonds. The molecular formula is C16H17ClN2O3. The van der Waals surface area contributed by atoms with Crippen LogP contribution in [0.2, 0.25) is 5.02 Å². The van der Waals surface area contributed by atoms with Gasteiger partial charge in [0, 0.05) is 24.8 Å². The second kappa shape index (κ2) is 7.13. The normalized spacial score (nSPS) is 10.3. The molecule has 0 atom stereocenters. The highest BCUT2D eigenvalue weighted by molar-refractivity contribution is 6.33. The van der Waals surface area contributed by atoms with Gasteiger partial charge in [-0.15, -0.1) is 0 Å². The highest BCUT2D eigenvalue weighted by atomic mass is 35.5. The summed E-state index contributed by atoms with van der Waals surface area (Å²) in [4.78, 5) is 24.0. The van der Waals surface area contributed by atoms with E-state index in [4.69, 9.17) is 16.3 Å². The molecule has 0 unspecified atom stereocenters. The first-order valence-electron chi connectivity index (χ1n) is 6.81. The number of amides is 1. The van der Waals surface area contributed by atoms with E-state index in [9.17, 15) is 9.59 Å². The molecule has 2 rings (SSSR count). The predicted octanol–water partition coefficient (Wildman–Crippen LogP) is 2.25. The zero-order valence-corrected chi connectivity index (χ0v) is 13.2. The maximum Gasteiger partial charge on any atom is 0.254 e. The fraction of sp³-hybridized carbons (Fsp3) is 0.250. The van der Waals surface area contributed by atoms with Crippen LogP contribution in [0.25, 0.3) is 0 Å². The largest absolute Gasteiger partial charge is 0.496 e. The fourth-order valence-electron chi connectivity index (χ4n) is 2.13. The van der Waals surface area contributed by atoms with Crippen molar-refractivity contribution < 1.29 is 9.53 Å². The second-order valence-electron chi connectivity index (χ2n) is 4.76. The summed E-state index contributed by atoms with van der Waals surface area (Å²) >= 11 is 5.97. The standard InChI is InChI=1S/C16H17ClN2O3/c1-11-9-12(22-2)10-15(20)19(11)8-7-18-16(21)13-5-3-4-6-14(13)17/h3-6,9-10H,7-8H2,1-2H3,(H,18,21). The Morgan fingerprint density at radius 2 is 2.05 bits per heavy atom. The number of aromatic nitrogens is 1. The zero-order chi connectivity index (χ0) is 16.1. The Morgan fingerprint density at radius 1 is 1.32 bits per heavy atom. The summed E-state index contributed by atoms with van der Waals surface area (Å²) in [7, 11) is 1.52. The number of benzene rings is 1. The van der Waals surface area contributed by atoms with Crippen molar-refractivity contribution in [1.82, 2.24) is 9.88 Å². The van der Waals surface area contributed by atoms with Gasteiger partial charge in [0.25, 0.3) is 11.5 Å². The number of nitrogens with zero attached hydrogens (tertiary/aromatic N) is 1. The molecule has 0 bridgehead atoms. The molecule has 0 spiro atoms. The van der Waals surface area contributed by atoms with Crippen LogP contribution in [0, 0.1) is 6.92 Å². The average Bonchev–Trinajstić information content (AvgIpc) is 2.50. The van der Waals surface area contributed by atoms with E-state index in [1.807, 2.05) is 6.92 Å². The molecule has 0 aliphatic heterocycles. The summed E-state index contributed by atoms with van der Waals surface area (Å²) in [6.45, 7) is 2.53. The maximum absolute atomic E-state index is 12.0. The minimum atomic E-state index is -0.259. The van der Waals surface area contributed by atoms with Crippen molar-refractivity contribution in [2.24, 2.45) is 0 Å². The number of pyridine rings is 1. The summed E-state index contributed by atoms with van der Waals surface area (Å²) in [5.74, 6) is 0.267. The first-order valence-corrected chi connectivity index (χ1v) is 7.19. The monoisotopic (exact) mass is 320 g/mol. The molecule has 6 heteroatoms. The first kappa shape index (κ1) is 16.1. The van der Waals surface area contributed by atoms with E-state index >= 15 is 0 Å². The summed E-state index contributed by atoms with van der Waals surface area (Å²) in [6.07, 6.45) is 0. The lowest BCUT2D eigenvalue weighted by Crippen LogP contribution is -2.31. The molecule has 1 aromatic carbocycles. The number of aryl methyl sites for hydroxylation is 1. The molecule has 0 aliphatic rings. The number of carbonyl (C=O) groups excluding carboxylic acids is 1. The molecule has 1 N–H and O–H groups in total. The van der Waals surface area contributed by atoms with Gasteiger partial charge >= 0.3 is 0 Å². The molecule has 0 saturated heterocycles. The number of rotatable bonds is 5. The lowest BCUT2D eigenvalue weighted by Gasteiger charge is -2.12. The summed E-state index contributed by atoms with van der Waals surface area (Å²) in [5, 5.41) is 3.16. The first-order chi connectivity index (χ1) is 10.5. The zero-order valence-electron chi connectivity index (χ0n) is 12.4. The number of ether oxygens (including phenoxy) is 1. The Hall–Kier alpha value is -2.27. The van der Waals surface area contributed by atoms with Crippen molar-refractivity contribution in [3.8, 4) is 5.75 Å². The van der Waals surface area contributed by atoms with Crippen LogP contribution >= 0.6 is 11.6 Å². The minimum Gasteiger partial charge on any atom is -0.496 e. The quantitative estimate of drug-likeness (QED) is 0.919. The van der Waals surface area contributed by atoms with Crippen LogP contribution in [0.3, 0.4) is 0 Å². The number of nitrogens with one attached hydrogen (secondary N) is 1. The van der Waals surface area contributed by atoms with E-state index in [2.05, 4.69) is 5.32 Å². The van der Waals surface area contributed by atoms with Gasteiger partial charge in [-0.1, -0.05) is 23.7 Å². The minimum absolute atomic E-state index is 0.163. The van der Waals surface area contributed by atoms with Gasteiger partial charge in [0.15, 0.2) is 0 Å². The van der Waals surface area contributed by atoms with E-state index in [1.54, 1.807) is 34.9 Å². The van der Waals surface area contributed by atoms with Crippen LogP contribution in [0.1, 0.15) is 16.1 Å². The Balaban J connectivity index is 2.02. The van der Waals surface area contributed by atoms with Crippen molar-refractivity contribution >= 4 is 17.5 Å². The van der Waals surface area contributed by atoms with Crippen LogP contribution in [-0.4, -0.2) is 24.1 Å². The summed E-state index contributed by atoms with van der Waals surface area (Å²) < 4.78 is 6.63. The fourth-order valence-corrected chi connectivity index (χ4v) is 2.35. The molecule has 1 aromatic heterocycles. The highest BCUT2D eigenvalue weighted by Gasteiger charge is 2.09. The van der Waals surface area contributed by atoms with Crippen molar-refractivity contribution in [1.29, 1.82) is 0 Å². The van der Waals surface area contributed by atoms with E-state index in [0.29, 0.717) is 29.4 Å². The molecule has 1 heterocycles. The molecule has 22 heavy (non-hydrogen) atoms. The van der Waals surface area contributed by atoms with Crippen molar-refractivity contribution in [2.75, 3.05) is 13.7 Å². The highest BCUT2D eigenvalue weighted by Crippen LogP contribution is 2.14.